The third-order valence-electron chi connectivity index (χ3n) is 4.78. The highest BCUT2D eigenvalue weighted by Crippen LogP contribution is 2.26. The van der Waals surface area contributed by atoms with Crippen LogP contribution in [-0.2, 0) is 23.2 Å². The summed E-state index contributed by atoms with van der Waals surface area (Å²) in [6.07, 6.45) is 1.91. The number of hydrogen-bond donors (Lipinski definition) is 1. The Morgan fingerprint density at radius 1 is 1.00 bits per heavy atom. The van der Waals surface area contributed by atoms with Gasteiger partial charge in [0, 0.05) is 0 Å². The Morgan fingerprint density at radius 2 is 1.71 bits per heavy atom. The average molecular weight is 479 g/mol. The molecule has 0 atom stereocenters. The zero-order chi connectivity index (χ0) is 22.3. The van der Waals surface area contributed by atoms with Crippen molar-refractivity contribution in [3.05, 3.63) is 99.5 Å². The van der Waals surface area contributed by atoms with Crippen molar-refractivity contribution in [2.45, 2.75) is 39.2 Å². The minimum absolute atomic E-state index is 0.0987. The highest BCUT2D eigenvalue weighted by molar-refractivity contribution is 9.10. The predicted octanol–water partition coefficient (Wildman–Crippen LogP) is 6.02. The zero-order valence-electron chi connectivity index (χ0n) is 18.1. The van der Waals surface area contributed by atoms with E-state index in [9.17, 15) is 4.79 Å². The maximum absolute atomic E-state index is 12.2. The Balaban J connectivity index is 1.51. The lowest BCUT2D eigenvalue weighted by Crippen LogP contribution is -2.20. The number of amides is 1. The van der Waals surface area contributed by atoms with E-state index in [2.05, 4.69) is 59.4 Å². The summed E-state index contributed by atoms with van der Waals surface area (Å²) in [5.41, 5.74) is 6.86. The van der Waals surface area contributed by atoms with Gasteiger partial charge in [-0.1, -0.05) is 75.4 Å². The van der Waals surface area contributed by atoms with Crippen molar-refractivity contribution in [3.63, 3.8) is 0 Å². The van der Waals surface area contributed by atoms with Gasteiger partial charge in [-0.15, -0.1) is 0 Å². The van der Waals surface area contributed by atoms with Crippen molar-refractivity contribution in [2.75, 3.05) is 0 Å². The van der Waals surface area contributed by atoms with Crippen molar-refractivity contribution in [1.82, 2.24) is 5.43 Å². The van der Waals surface area contributed by atoms with E-state index in [0.717, 1.165) is 26.9 Å². The van der Waals surface area contributed by atoms with Gasteiger partial charge in [-0.2, -0.15) is 5.10 Å². The molecule has 0 heterocycles. The monoisotopic (exact) mass is 478 g/mol. The molecule has 0 bridgehead atoms. The number of carbonyl (C=O) groups excluding carboxylic acids is 1. The smallest absolute Gasteiger partial charge is 0.244 e. The molecule has 5 heteroatoms. The lowest BCUT2D eigenvalue weighted by molar-refractivity contribution is -0.120. The number of ether oxygens (including phenoxy) is 1. The summed E-state index contributed by atoms with van der Waals surface area (Å²) in [6, 6.07) is 23.8. The fourth-order valence-corrected chi connectivity index (χ4v) is 3.49. The third kappa shape index (κ3) is 7.07. The van der Waals surface area contributed by atoms with Crippen molar-refractivity contribution in [2.24, 2.45) is 5.10 Å². The molecule has 3 aromatic rings. The van der Waals surface area contributed by atoms with Gasteiger partial charge in [-0.05, 0) is 61.8 Å². The Kier molecular flexibility index (Phi) is 7.64. The molecule has 0 aliphatic rings. The Morgan fingerprint density at radius 3 is 2.35 bits per heavy atom. The van der Waals surface area contributed by atoms with E-state index in [0.29, 0.717) is 6.61 Å². The summed E-state index contributed by atoms with van der Waals surface area (Å²) >= 11 is 3.53. The van der Waals surface area contributed by atoms with Crippen molar-refractivity contribution in [3.8, 4) is 5.75 Å². The number of halogens is 1. The van der Waals surface area contributed by atoms with E-state index in [1.54, 1.807) is 6.21 Å². The van der Waals surface area contributed by atoms with E-state index in [-0.39, 0.29) is 17.7 Å². The van der Waals surface area contributed by atoms with E-state index in [1.165, 1.54) is 5.56 Å². The van der Waals surface area contributed by atoms with Gasteiger partial charge in [0.2, 0.25) is 5.91 Å². The van der Waals surface area contributed by atoms with Gasteiger partial charge in [0.15, 0.2) is 0 Å². The normalized spacial score (nSPS) is 11.5. The first kappa shape index (κ1) is 22.8. The van der Waals surface area contributed by atoms with E-state index in [1.807, 2.05) is 60.7 Å². The SMILES string of the molecule is CC(C)(C)c1ccc(CC(=O)N/N=C\c2ccc(OCc3ccccc3)c(Br)c2)cc1. The number of rotatable bonds is 7. The molecule has 3 aromatic carbocycles. The lowest BCUT2D eigenvalue weighted by atomic mass is 9.86. The first-order chi connectivity index (χ1) is 14.8. The van der Waals surface area contributed by atoms with Gasteiger partial charge in [-0.25, -0.2) is 5.43 Å². The molecule has 0 fully saturated rings. The molecule has 0 aliphatic heterocycles. The van der Waals surface area contributed by atoms with Crippen molar-refractivity contribution in [1.29, 1.82) is 0 Å². The second-order valence-electron chi connectivity index (χ2n) is 8.38. The number of nitrogens with zero attached hydrogens (tertiary/aromatic N) is 1. The van der Waals surface area contributed by atoms with Gasteiger partial charge in [0.25, 0.3) is 0 Å². The van der Waals surface area contributed by atoms with E-state index in [4.69, 9.17) is 4.74 Å². The molecular formula is C26H27BrN2O2. The summed E-state index contributed by atoms with van der Waals surface area (Å²) in [7, 11) is 0. The molecule has 160 valence electrons. The Hall–Kier alpha value is -2.92. The number of nitrogens with one attached hydrogen (secondary N) is 1. The van der Waals surface area contributed by atoms with Crippen LogP contribution >= 0.6 is 15.9 Å². The number of hydrogen-bond acceptors (Lipinski definition) is 3. The number of hydrazone groups is 1. The summed E-state index contributed by atoms with van der Waals surface area (Å²) in [6.45, 7) is 7.01. The molecule has 31 heavy (non-hydrogen) atoms. The van der Waals surface area contributed by atoms with Gasteiger partial charge in [0.1, 0.15) is 12.4 Å². The van der Waals surface area contributed by atoms with Crippen LogP contribution in [-0.4, -0.2) is 12.1 Å². The highest BCUT2D eigenvalue weighted by atomic mass is 79.9. The van der Waals surface area contributed by atoms with Crippen LogP contribution in [0.4, 0.5) is 0 Å². The minimum Gasteiger partial charge on any atom is -0.488 e. The Labute approximate surface area is 192 Å². The van der Waals surface area contributed by atoms with Gasteiger partial charge >= 0.3 is 0 Å². The van der Waals surface area contributed by atoms with Crippen LogP contribution in [0.25, 0.3) is 0 Å². The molecule has 0 spiro atoms. The standard InChI is InChI=1S/C26H27BrN2O2/c1-26(2,3)22-12-9-19(10-13-22)16-25(30)29-28-17-21-11-14-24(23(27)15-21)31-18-20-7-5-4-6-8-20/h4-15,17H,16,18H2,1-3H3,(H,29,30)/b28-17-. The van der Waals surface area contributed by atoms with Crippen LogP contribution in [0.1, 0.15) is 43.0 Å². The zero-order valence-corrected chi connectivity index (χ0v) is 19.6. The minimum atomic E-state index is -0.151. The largest absolute Gasteiger partial charge is 0.488 e. The topological polar surface area (TPSA) is 50.7 Å². The van der Waals surface area contributed by atoms with Crippen LogP contribution in [0.5, 0.6) is 5.75 Å². The maximum atomic E-state index is 12.2. The first-order valence-corrected chi connectivity index (χ1v) is 11.0. The van der Waals surface area contributed by atoms with Gasteiger partial charge in [0.05, 0.1) is 17.1 Å². The number of benzene rings is 3. The highest BCUT2D eigenvalue weighted by Gasteiger charge is 2.13. The fourth-order valence-electron chi connectivity index (χ4n) is 2.98. The molecule has 1 amide bonds. The Bertz CT molecular complexity index is 1040. The first-order valence-electron chi connectivity index (χ1n) is 10.2. The molecule has 1 N–H and O–H groups in total. The lowest BCUT2D eigenvalue weighted by Gasteiger charge is -2.19. The van der Waals surface area contributed by atoms with Crippen LogP contribution in [0.3, 0.4) is 0 Å². The second kappa shape index (κ2) is 10.4. The van der Waals surface area contributed by atoms with Crippen molar-refractivity contribution < 1.29 is 9.53 Å². The van der Waals surface area contributed by atoms with Crippen LogP contribution < -0.4 is 10.2 Å². The molecule has 0 saturated heterocycles. The third-order valence-corrected chi connectivity index (χ3v) is 5.40. The quantitative estimate of drug-likeness (QED) is 0.333. The molecule has 0 radical (unpaired) electrons. The molecule has 0 saturated carbocycles. The van der Waals surface area contributed by atoms with E-state index >= 15 is 0 Å². The van der Waals surface area contributed by atoms with Crippen molar-refractivity contribution >= 4 is 28.1 Å². The fraction of sp³-hybridized carbons (Fsp3) is 0.231. The molecule has 3 rings (SSSR count). The van der Waals surface area contributed by atoms with Crippen LogP contribution in [0, 0.1) is 0 Å². The molecule has 0 aromatic heterocycles. The summed E-state index contributed by atoms with van der Waals surface area (Å²) < 4.78 is 6.69. The van der Waals surface area contributed by atoms with Gasteiger partial charge < -0.3 is 4.74 Å². The molecule has 0 unspecified atom stereocenters. The summed E-state index contributed by atoms with van der Waals surface area (Å²) in [5.74, 6) is 0.602. The second-order valence-corrected chi connectivity index (χ2v) is 9.24. The molecule has 0 aliphatic carbocycles. The van der Waals surface area contributed by atoms with Crippen LogP contribution in [0.15, 0.2) is 82.4 Å². The molecule has 4 nitrogen and oxygen atoms in total. The number of carbonyl (C=O) groups is 1. The summed E-state index contributed by atoms with van der Waals surface area (Å²) in [4.78, 5) is 12.2. The average Bonchev–Trinajstić information content (AvgIpc) is 2.73. The predicted molar refractivity (Wildman–Crippen MR) is 129 cm³/mol. The van der Waals surface area contributed by atoms with E-state index < -0.39 is 0 Å². The molecular weight excluding hydrogens is 452 g/mol. The summed E-state index contributed by atoms with van der Waals surface area (Å²) in [5, 5.41) is 4.07. The van der Waals surface area contributed by atoms with Crippen LogP contribution in [0.2, 0.25) is 0 Å². The van der Waals surface area contributed by atoms with Gasteiger partial charge in [-0.3, -0.25) is 4.79 Å². The maximum Gasteiger partial charge on any atom is 0.244 e.